The van der Waals surface area contributed by atoms with Gasteiger partial charge in [-0.2, -0.15) is 0 Å². The predicted octanol–water partition coefficient (Wildman–Crippen LogP) is 1.96. The van der Waals surface area contributed by atoms with Crippen molar-refractivity contribution < 1.29 is 9.59 Å². The SMILES string of the molecule is O=C(CN1CCN(Cc2ccccn2)CC1)Nc1ccccc1N1CCCC1=O. The number of carbonyl (C=O) groups is 2. The first-order valence-electron chi connectivity index (χ1n) is 10.2. The summed E-state index contributed by atoms with van der Waals surface area (Å²) in [4.78, 5) is 35.4. The van der Waals surface area contributed by atoms with Crippen molar-refractivity contribution in [1.82, 2.24) is 14.8 Å². The molecule has 152 valence electrons. The Labute approximate surface area is 171 Å². The normalized spacial score (nSPS) is 18.2. The molecule has 0 aliphatic carbocycles. The number of nitrogens with one attached hydrogen (secondary N) is 1. The Morgan fingerprint density at radius 2 is 1.72 bits per heavy atom. The Morgan fingerprint density at radius 3 is 2.45 bits per heavy atom. The van der Waals surface area contributed by atoms with Crippen LogP contribution in [0.15, 0.2) is 48.7 Å². The molecule has 4 rings (SSSR count). The number of hydrogen-bond donors (Lipinski definition) is 1. The van der Waals surface area contributed by atoms with E-state index in [1.807, 2.05) is 48.7 Å². The first kappa shape index (κ1) is 19.5. The highest BCUT2D eigenvalue weighted by Crippen LogP contribution is 2.29. The fourth-order valence-corrected chi connectivity index (χ4v) is 3.94. The second-order valence-corrected chi connectivity index (χ2v) is 7.59. The zero-order valence-corrected chi connectivity index (χ0v) is 16.6. The summed E-state index contributed by atoms with van der Waals surface area (Å²) >= 11 is 0. The molecule has 0 unspecified atom stereocenters. The lowest BCUT2D eigenvalue weighted by Crippen LogP contribution is -2.48. The molecule has 0 saturated carbocycles. The van der Waals surface area contributed by atoms with Gasteiger partial charge in [-0.15, -0.1) is 0 Å². The van der Waals surface area contributed by atoms with Crippen LogP contribution in [0, 0.1) is 0 Å². The summed E-state index contributed by atoms with van der Waals surface area (Å²) in [6.45, 7) is 5.46. The van der Waals surface area contributed by atoms with Gasteiger partial charge < -0.3 is 10.2 Å². The van der Waals surface area contributed by atoms with Gasteiger partial charge in [-0.05, 0) is 30.7 Å². The molecular formula is C22H27N5O2. The number of hydrogen-bond acceptors (Lipinski definition) is 5. The minimum atomic E-state index is -0.0396. The average molecular weight is 393 g/mol. The predicted molar refractivity (Wildman–Crippen MR) is 113 cm³/mol. The summed E-state index contributed by atoms with van der Waals surface area (Å²) < 4.78 is 0. The largest absolute Gasteiger partial charge is 0.323 e. The van der Waals surface area contributed by atoms with Crippen molar-refractivity contribution in [2.45, 2.75) is 19.4 Å². The maximum Gasteiger partial charge on any atom is 0.238 e. The highest BCUT2D eigenvalue weighted by molar-refractivity contribution is 6.02. The van der Waals surface area contributed by atoms with Crippen LogP contribution >= 0.6 is 0 Å². The van der Waals surface area contributed by atoms with E-state index in [4.69, 9.17) is 0 Å². The van der Waals surface area contributed by atoms with E-state index in [1.54, 1.807) is 4.90 Å². The van der Waals surface area contributed by atoms with Crippen molar-refractivity contribution in [2.75, 3.05) is 49.5 Å². The van der Waals surface area contributed by atoms with Crippen LogP contribution < -0.4 is 10.2 Å². The number of anilines is 2. The molecule has 0 spiro atoms. The summed E-state index contributed by atoms with van der Waals surface area (Å²) in [6, 6.07) is 13.5. The third kappa shape index (κ3) is 4.99. The molecule has 0 radical (unpaired) electrons. The zero-order chi connectivity index (χ0) is 20.1. The van der Waals surface area contributed by atoms with Crippen LogP contribution in [-0.4, -0.2) is 65.9 Å². The lowest BCUT2D eigenvalue weighted by molar-refractivity contribution is -0.118. The minimum Gasteiger partial charge on any atom is -0.323 e. The molecule has 7 heteroatoms. The van der Waals surface area contributed by atoms with E-state index >= 15 is 0 Å². The molecule has 2 aliphatic rings. The molecule has 7 nitrogen and oxygen atoms in total. The smallest absolute Gasteiger partial charge is 0.238 e. The summed E-state index contributed by atoms with van der Waals surface area (Å²) in [5.74, 6) is 0.0815. The van der Waals surface area contributed by atoms with Gasteiger partial charge in [0.25, 0.3) is 0 Å². The second kappa shape index (κ2) is 9.15. The lowest BCUT2D eigenvalue weighted by Gasteiger charge is -2.34. The van der Waals surface area contributed by atoms with Gasteiger partial charge in [0.2, 0.25) is 11.8 Å². The maximum atomic E-state index is 12.6. The van der Waals surface area contributed by atoms with E-state index in [1.165, 1.54) is 0 Å². The molecule has 0 atom stereocenters. The number of para-hydroxylation sites is 2. The topological polar surface area (TPSA) is 68.8 Å². The standard InChI is InChI=1S/C22H27N5O2/c28-21(24-19-7-1-2-8-20(19)27-11-5-9-22(27)29)17-26-14-12-25(13-15-26)16-18-6-3-4-10-23-18/h1-4,6-8,10H,5,9,11-17H2,(H,24,28). The van der Waals surface area contributed by atoms with E-state index in [-0.39, 0.29) is 11.8 Å². The molecular weight excluding hydrogens is 366 g/mol. The molecule has 29 heavy (non-hydrogen) atoms. The van der Waals surface area contributed by atoms with Gasteiger partial charge in [-0.1, -0.05) is 18.2 Å². The van der Waals surface area contributed by atoms with Crippen LogP contribution in [0.4, 0.5) is 11.4 Å². The quantitative estimate of drug-likeness (QED) is 0.813. The van der Waals surface area contributed by atoms with Crippen molar-refractivity contribution in [2.24, 2.45) is 0 Å². The summed E-state index contributed by atoms with van der Waals surface area (Å²) in [6.07, 6.45) is 3.26. The number of pyridine rings is 1. The van der Waals surface area contributed by atoms with Gasteiger partial charge in [0.1, 0.15) is 0 Å². The Bertz CT molecular complexity index is 849. The van der Waals surface area contributed by atoms with Gasteiger partial charge in [0, 0.05) is 51.9 Å². The summed E-state index contributed by atoms with van der Waals surface area (Å²) in [7, 11) is 0. The van der Waals surface area contributed by atoms with Crippen molar-refractivity contribution in [3.8, 4) is 0 Å². The molecule has 2 fully saturated rings. The van der Waals surface area contributed by atoms with Crippen LogP contribution in [0.1, 0.15) is 18.5 Å². The van der Waals surface area contributed by atoms with E-state index < -0.39 is 0 Å². The van der Waals surface area contributed by atoms with Crippen LogP contribution in [-0.2, 0) is 16.1 Å². The number of carbonyl (C=O) groups excluding carboxylic acids is 2. The molecule has 1 N–H and O–H groups in total. The van der Waals surface area contributed by atoms with E-state index in [0.717, 1.165) is 50.5 Å². The van der Waals surface area contributed by atoms with Crippen molar-refractivity contribution in [3.05, 3.63) is 54.4 Å². The molecule has 0 bridgehead atoms. The van der Waals surface area contributed by atoms with Crippen molar-refractivity contribution in [1.29, 1.82) is 0 Å². The van der Waals surface area contributed by atoms with Gasteiger partial charge in [-0.3, -0.25) is 24.4 Å². The van der Waals surface area contributed by atoms with Gasteiger partial charge in [0.15, 0.2) is 0 Å². The fourth-order valence-electron chi connectivity index (χ4n) is 3.94. The van der Waals surface area contributed by atoms with Crippen LogP contribution in [0.2, 0.25) is 0 Å². The first-order chi connectivity index (χ1) is 14.2. The first-order valence-corrected chi connectivity index (χ1v) is 10.2. The van der Waals surface area contributed by atoms with E-state index in [0.29, 0.717) is 25.2 Å². The summed E-state index contributed by atoms with van der Waals surface area (Å²) in [5, 5.41) is 3.01. The van der Waals surface area contributed by atoms with Crippen LogP contribution in [0.5, 0.6) is 0 Å². The Balaban J connectivity index is 1.28. The van der Waals surface area contributed by atoms with E-state index in [9.17, 15) is 9.59 Å². The minimum absolute atomic E-state index is 0.0396. The lowest BCUT2D eigenvalue weighted by atomic mass is 10.2. The number of piperazine rings is 1. The molecule has 2 saturated heterocycles. The summed E-state index contributed by atoms with van der Waals surface area (Å²) in [5.41, 5.74) is 2.58. The molecule has 1 aromatic carbocycles. The van der Waals surface area contributed by atoms with E-state index in [2.05, 4.69) is 20.1 Å². The number of rotatable bonds is 6. The number of amides is 2. The maximum absolute atomic E-state index is 12.6. The molecule has 2 aromatic rings. The third-order valence-electron chi connectivity index (χ3n) is 5.49. The Hall–Kier alpha value is -2.77. The highest BCUT2D eigenvalue weighted by atomic mass is 16.2. The molecule has 1 aromatic heterocycles. The third-order valence-corrected chi connectivity index (χ3v) is 5.49. The molecule has 2 aliphatic heterocycles. The van der Waals surface area contributed by atoms with Crippen molar-refractivity contribution in [3.63, 3.8) is 0 Å². The second-order valence-electron chi connectivity index (χ2n) is 7.59. The van der Waals surface area contributed by atoms with Crippen LogP contribution in [0.25, 0.3) is 0 Å². The van der Waals surface area contributed by atoms with Gasteiger partial charge in [0.05, 0.1) is 23.6 Å². The van der Waals surface area contributed by atoms with Crippen LogP contribution in [0.3, 0.4) is 0 Å². The Morgan fingerprint density at radius 1 is 0.966 bits per heavy atom. The number of benzene rings is 1. The fraction of sp³-hybridized carbons (Fsp3) is 0.409. The number of aromatic nitrogens is 1. The number of nitrogens with zero attached hydrogens (tertiary/aromatic N) is 4. The monoisotopic (exact) mass is 393 g/mol. The molecule has 3 heterocycles. The zero-order valence-electron chi connectivity index (χ0n) is 16.6. The highest BCUT2D eigenvalue weighted by Gasteiger charge is 2.25. The molecule has 2 amide bonds. The van der Waals surface area contributed by atoms with Crippen molar-refractivity contribution >= 4 is 23.2 Å². The van der Waals surface area contributed by atoms with Gasteiger partial charge in [-0.25, -0.2) is 0 Å². The van der Waals surface area contributed by atoms with Gasteiger partial charge >= 0.3 is 0 Å². The Kier molecular flexibility index (Phi) is 6.17. The average Bonchev–Trinajstić information content (AvgIpc) is 3.16.